The number of carbonyl (C=O) groups is 4. The van der Waals surface area contributed by atoms with Crippen LogP contribution in [0.1, 0.15) is 71.3 Å². The number of methoxy groups -OCH3 is 1. The lowest BCUT2D eigenvalue weighted by Crippen LogP contribution is -2.46. The highest BCUT2D eigenvalue weighted by Gasteiger charge is 2.50. The van der Waals surface area contributed by atoms with Crippen molar-refractivity contribution < 1.29 is 63.3 Å². The molecule has 3 aliphatic rings. The van der Waals surface area contributed by atoms with E-state index in [-0.39, 0.29) is 44.7 Å². The van der Waals surface area contributed by atoms with Crippen molar-refractivity contribution in [2.45, 2.75) is 92.5 Å². The number of aromatic hydroxyl groups is 2. The van der Waals surface area contributed by atoms with Crippen LogP contribution in [0, 0.1) is 30.6 Å². The van der Waals surface area contributed by atoms with Crippen LogP contribution in [0.25, 0.3) is 10.8 Å². The second-order valence-corrected chi connectivity index (χ2v) is 16.2. The summed E-state index contributed by atoms with van der Waals surface area (Å²) in [5.41, 5.74) is 0.561. The number of likely N-dealkylation sites (N-methyl/N-ethyl adjacent to an activating group) is 1. The lowest BCUT2D eigenvalue weighted by molar-refractivity contribution is -0.160. The molecule has 15 nitrogen and oxygen atoms in total. The predicted octanol–water partition coefficient (Wildman–Crippen LogP) is 6.48. The first-order chi connectivity index (χ1) is 29.3. The quantitative estimate of drug-likeness (QED) is 0.127. The number of hydrogen-bond donors (Lipinski definition) is 5. The van der Waals surface area contributed by atoms with Crippen molar-refractivity contribution in [1.29, 1.82) is 0 Å². The summed E-state index contributed by atoms with van der Waals surface area (Å²) in [6.45, 7) is 14.1. The van der Waals surface area contributed by atoms with Crippen molar-refractivity contribution >= 4 is 45.7 Å². The van der Waals surface area contributed by atoms with Gasteiger partial charge in [0, 0.05) is 79.5 Å². The Bertz CT molecular complexity index is 2270. The lowest BCUT2D eigenvalue weighted by Gasteiger charge is -2.38. The highest BCUT2D eigenvalue weighted by molar-refractivity contribution is 6.21. The zero-order valence-corrected chi connectivity index (χ0v) is 36.8. The number of para-hydroxylation sites is 1. The number of benzene rings is 3. The molecule has 5 N–H and O–H groups in total. The van der Waals surface area contributed by atoms with E-state index in [1.807, 2.05) is 6.07 Å². The van der Waals surface area contributed by atoms with Gasteiger partial charge in [0.2, 0.25) is 0 Å². The number of allylic oxidation sites excluding steroid dienone is 2. The first-order valence-electron chi connectivity index (χ1n) is 20.6. The van der Waals surface area contributed by atoms with Crippen molar-refractivity contribution in [3.63, 3.8) is 0 Å². The molecule has 0 radical (unpaired) electrons. The molecule has 0 fully saturated rings. The summed E-state index contributed by atoms with van der Waals surface area (Å²) in [6, 6.07) is 10.2. The van der Waals surface area contributed by atoms with Gasteiger partial charge in [-0.05, 0) is 39.0 Å². The number of phenols is 2. The van der Waals surface area contributed by atoms with Crippen molar-refractivity contribution in [2.24, 2.45) is 23.7 Å². The van der Waals surface area contributed by atoms with E-state index in [9.17, 15) is 39.6 Å². The number of amides is 2. The number of Topliss-reactive ketones (excluding diaryl/α,β-unsaturated/α-hetero) is 1. The fourth-order valence-electron chi connectivity index (χ4n) is 8.08. The van der Waals surface area contributed by atoms with Crippen LogP contribution in [-0.2, 0) is 28.6 Å². The van der Waals surface area contributed by atoms with E-state index in [4.69, 9.17) is 23.7 Å². The number of ether oxygens (including phenoxy) is 5. The number of carbonyl (C=O) groups excluding carboxylic acids is 4. The third-order valence-corrected chi connectivity index (χ3v) is 11.9. The fourth-order valence-corrected chi connectivity index (χ4v) is 8.08. The number of nitrogens with zero attached hydrogens (tertiary/aromatic N) is 1. The molecule has 0 aliphatic carbocycles. The molecule has 0 unspecified atom stereocenters. The van der Waals surface area contributed by atoms with Crippen LogP contribution in [-0.4, -0.2) is 94.5 Å². The standard InChI is InChI=1S/C47H58N2O13/c1-11-49(31-18-13-12-14-19-31)35(51)23-59-34-22-32-42(55)37-36(34)38-44(29(7)41(37)54)62-47(9,45(38)56)60-21-20-33(58-10)26(4)43(61-30(8)50)28(6)40(53)27(5)39(52)24(2)16-15-17-25(3)46(57)48-32/h12-22,24,26-28,33,39-40,43,52-55H,11,23H2,1-10H3,(H,48,57)/b16-15+,21-20+,25-17-/t24-,26+,27+,28+,33-,39-,40+,43+,47-/m0/s1. The second-order valence-electron chi connectivity index (χ2n) is 16.2. The number of aliphatic hydroxyl groups is 2. The summed E-state index contributed by atoms with van der Waals surface area (Å²) in [5.74, 6) is -8.24. The summed E-state index contributed by atoms with van der Waals surface area (Å²) >= 11 is 0. The van der Waals surface area contributed by atoms with Crippen LogP contribution in [0.4, 0.5) is 11.4 Å². The van der Waals surface area contributed by atoms with E-state index < -0.39 is 95.5 Å². The SMILES string of the molecule is CCN(C(=O)COc1cc2c(O)c3c(O)c(C)c4c(c13)C(=O)[C@@](C)(O/C=C/[C@H](OC)[C@@H](C)[C@@H](OC(C)=O)[C@H](C)[C@H](O)[C@H](C)[C@@H](O)[C@@H](C)/C=C/C=C(/C)C(=O)N2)O4)c1ccccc1. The molecule has 9 atom stereocenters. The summed E-state index contributed by atoms with van der Waals surface area (Å²) in [5, 5.41) is 48.6. The molecule has 0 saturated carbocycles. The molecule has 0 saturated heterocycles. The number of esters is 1. The first kappa shape index (κ1) is 47.2. The van der Waals surface area contributed by atoms with E-state index in [2.05, 4.69) is 5.32 Å². The van der Waals surface area contributed by atoms with Crippen LogP contribution < -0.4 is 19.7 Å². The molecule has 3 aromatic rings. The smallest absolute Gasteiger partial charge is 0.312 e. The minimum absolute atomic E-state index is 0.0663. The number of ketones is 1. The molecule has 3 aliphatic heterocycles. The molecule has 0 aromatic heterocycles. The molecule has 3 heterocycles. The molecular weight excluding hydrogens is 801 g/mol. The Morgan fingerprint density at radius 1 is 0.935 bits per heavy atom. The van der Waals surface area contributed by atoms with Crippen molar-refractivity contribution in [3.05, 3.63) is 83.7 Å². The Labute approximate surface area is 361 Å². The summed E-state index contributed by atoms with van der Waals surface area (Å²) in [6.07, 6.45) is 3.55. The molecule has 2 amide bonds. The minimum Gasteiger partial charge on any atom is -0.507 e. The summed E-state index contributed by atoms with van der Waals surface area (Å²) in [7, 11) is 1.44. The molecule has 0 spiro atoms. The maximum absolute atomic E-state index is 14.6. The highest BCUT2D eigenvalue weighted by atomic mass is 16.7. The Morgan fingerprint density at radius 3 is 2.24 bits per heavy atom. The van der Waals surface area contributed by atoms with Gasteiger partial charge in [0.1, 0.15) is 23.4 Å². The van der Waals surface area contributed by atoms with Gasteiger partial charge in [-0.2, -0.15) is 0 Å². The van der Waals surface area contributed by atoms with Crippen molar-refractivity contribution in [1.82, 2.24) is 0 Å². The third kappa shape index (κ3) is 9.44. The molecule has 3 aromatic carbocycles. The van der Waals surface area contributed by atoms with Gasteiger partial charge >= 0.3 is 11.8 Å². The average Bonchev–Trinajstić information content (AvgIpc) is 3.51. The van der Waals surface area contributed by atoms with Gasteiger partial charge in [0.25, 0.3) is 17.6 Å². The van der Waals surface area contributed by atoms with E-state index in [1.165, 1.54) is 64.2 Å². The first-order valence-corrected chi connectivity index (χ1v) is 20.6. The molecule has 6 rings (SSSR count). The number of phenolic OH excluding ortho intramolecular Hbond substituents is 2. The molecule has 15 heteroatoms. The number of anilines is 2. The van der Waals surface area contributed by atoms with Gasteiger partial charge in [-0.3, -0.25) is 19.2 Å². The Morgan fingerprint density at radius 2 is 1.61 bits per heavy atom. The van der Waals surface area contributed by atoms with Crippen molar-refractivity contribution in [3.8, 4) is 23.0 Å². The number of rotatable bonds is 7. The average molecular weight is 859 g/mol. The highest BCUT2D eigenvalue weighted by Crippen LogP contribution is 2.54. The zero-order valence-electron chi connectivity index (χ0n) is 36.8. The number of hydrogen-bond acceptors (Lipinski definition) is 13. The summed E-state index contributed by atoms with van der Waals surface area (Å²) in [4.78, 5) is 55.8. The number of fused-ring (bicyclic) bond motifs is 14. The summed E-state index contributed by atoms with van der Waals surface area (Å²) < 4.78 is 29.9. The Kier molecular flexibility index (Phi) is 14.8. The van der Waals surface area contributed by atoms with Gasteiger partial charge in [0.05, 0.1) is 41.2 Å². The van der Waals surface area contributed by atoms with Crippen LogP contribution in [0.5, 0.6) is 23.0 Å². The van der Waals surface area contributed by atoms with E-state index >= 15 is 0 Å². The van der Waals surface area contributed by atoms with E-state index in [0.29, 0.717) is 12.2 Å². The van der Waals surface area contributed by atoms with Gasteiger partial charge in [-0.15, -0.1) is 0 Å². The fraction of sp³-hybridized carbons (Fsp3) is 0.447. The third-order valence-electron chi connectivity index (χ3n) is 11.9. The van der Waals surface area contributed by atoms with Gasteiger partial charge in [-0.25, -0.2) is 0 Å². The maximum Gasteiger partial charge on any atom is 0.312 e. The Hall–Kier alpha value is -5.90. The normalized spacial score (nSPS) is 28.9. The lowest BCUT2D eigenvalue weighted by atomic mass is 9.78. The van der Waals surface area contributed by atoms with Gasteiger partial charge in [-0.1, -0.05) is 64.1 Å². The van der Waals surface area contributed by atoms with E-state index in [1.54, 1.807) is 71.0 Å². The van der Waals surface area contributed by atoms with E-state index in [0.717, 1.165) is 0 Å². The van der Waals surface area contributed by atoms with Crippen LogP contribution in [0.15, 0.2) is 72.5 Å². The van der Waals surface area contributed by atoms with Crippen LogP contribution in [0.3, 0.4) is 0 Å². The maximum atomic E-state index is 14.6. The number of nitrogens with one attached hydrogen (secondary N) is 1. The Balaban J connectivity index is 1.67. The van der Waals surface area contributed by atoms with Gasteiger partial charge < -0.3 is 54.3 Å². The number of aliphatic hydroxyl groups excluding tert-OH is 2. The predicted molar refractivity (Wildman–Crippen MR) is 232 cm³/mol. The van der Waals surface area contributed by atoms with Crippen molar-refractivity contribution in [2.75, 3.05) is 30.5 Å². The second kappa shape index (κ2) is 19.4. The molecule has 334 valence electrons. The molecule has 62 heavy (non-hydrogen) atoms. The topological polar surface area (TPSA) is 211 Å². The minimum atomic E-state index is -2.04. The zero-order chi connectivity index (χ0) is 45.8. The molecule has 5 bridgehead atoms. The largest absolute Gasteiger partial charge is 0.507 e. The monoisotopic (exact) mass is 858 g/mol. The van der Waals surface area contributed by atoms with Crippen LogP contribution >= 0.6 is 0 Å². The van der Waals surface area contributed by atoms with Crippen LogP contribution in [0.2, 0.25) is 0 Å². The molecular formula is C47H58N2O13. The van der Waals surface area contributed by atoms with Gasteiger partial charge in [0.15, 0.2) is 12.4 Å².